The molecule has 2 heterocycles. The molecular weight excluding hydrogens is 292 g/mol. The van der Waals surface area contributed by atoms with Crippen molar-refractivity contribution in [1.29, 1.82) is 0 Å². The number of hydrogen-bond donors (Lipinski definition) is 1. The predicted molar refractivity (Wildman–Crippen MR) is 108 cm³/mol. The topological polar surface area (TPSA) is 20.7 Å². The summed E-state index contributed by atoms with van der Waals surface area (Å²) >= 11 is 0. The van der Waals surface area contributed by atoms with E-state index in [2.05, 4.69) is 65.3 Å². The molecule has 2 aromatic heterocycles. The van der Waals surface area contributed by atoms with E-state index in [0.29, 0.717) is 0 Å². The van der Waals surface area contributed by atoms with Gasteiger partial charge >= 0.3 is 0 Å². The van der Waals surface area contributed by atoms with Crippen LogP contribution in [0.15, 0.2) is 67.9 Å². The molecule has 0 aliphatic rings. The van der Waals surface area contributed by atoms with E-state index in [1.165, 1.54) is 16.3 Å². The van der Waals surface area contributed by atoms with Crippen molar-refractivity contribution < 1.29 is 0 Å². The number of rotatable bonds is 5. The zero-order valence-corrected chi connectivity index (χ0v) is 14.2. The predicted octanol–water partition coefficient (Wildman–Crippen LogP) is 6.40. The fraction of sp³-hybridized carbons (Fsp3) is 0.0909. The Balaban J connectivity index is 2.29. The summed E-state index contributed by atoms with van der Waals surface area (Å²) in [5.41, 5.74) is 5.69. The van der Waals surface area contributed by atoms with Gasteiger partial charge in [0, 0.05) is 33.9 Å². The molecule has 2 heteroatoms. The van der Waals surface area contributed by atoms with Gasteiger partial charge in [-0.15, -0.1) is 0 Å². The Bertz CT molecular complexity index is 1000. The standard InChI is InChI=1S/C22H22N2/c1-5-9-11-16(7-3)24-15-14-19-21(24)13-12-18-17(8-4)20(10-6-2)23-22(18)19/h5-15,23H,1,4H2,2-3H3/b10-6-,11-9-,16-7+. The van der Waals surface area contributed by atoms with Crippen molar-refractivity contribution in [1.82, 2.24) is 9.55 Å². The van der Waals surface area contributed by atoms with E-state index in [1.54, 1.807) is 6.08 Å². The second kappa shape index (κ2) is 6.63. The van der Waals surface area contributed by atoms with E-state index in [0.717, 1.165) is 22.5 Å². The smallest absolute Gasteiger partial charge is 0.0560 e. The van der Waals surface area contributed by atoms with E-state index in [1.807, 2.05) is 32.1 Å². The molecule has 0 unspecified atom stereocenters. The van der Waals surface area contributed by atoms with Crippen LogP contribution in [0.4, 0.5) is 0 Å². The largest absolute Gasteiger partial charge is 0.354 e. The maximum absolute atomic E-state index is 3.97. The third kappa shape index (κ3) is 2.46. The van der Waals surface area contributed by atoms with Gasteiger partial charge in [0.1, 0.15) is 0 Å². The van der Waals surface area contributed by atoms with Crippen molar-refractivity contribution in [3.05, 3.63) is 79.2 Å². The molecule has 24 heavy (non-hydrogen) atoms. The lowest BCUT2D eigenvalue weighted by Crippen LogP contribution is -1.91. The van der Waals surface area contributed by atoms with Crippen molar-refractivity contribution in [2.24, 2.45) is 0 Å². The van der Waals surface area contributed by atoms with Gasteiger partial charge in [-0.05, 0) is 38.1 Å². The number of benzene rings is 1. The van der Waals surface area contributed by atoms with Crippen LogP contribution in [0.2, 0.25) is 0 Å². The first-order valence-electron chi connectivity index (χ1n) is 8.11. The zero-order chi connectivity index (χ0) is 17.1. The van der Waals surface area contributed by atoms with Crippen molar-refractivity contribution in [2.45, 2.75) is 13.8 Å². The van der Waals surface area contributed by atoms with Gasteiger partial charge in [0.15, 0.2) is 0 Å². The fourth-order valence-corrected chi connectivity index (χ4v) is 3.15. The monoisotopic (exact) mass is 314 g/mol. The van der Waals surface area contributed by atoms with Crippen LogP contribution in [0.3, 0.4) is 0 Å². The molecule has 1 N–H and O–H groups in total. The van der Waals surface area contributed by atoms with Crippen molar-refractivity contribution in [3.8, 4) is 0 Å². The number of nitrogens with one attached hydrogen (secondary N) is 1. The first-order valence-corrected chi connectivity index (χ1v) is 8.11. The van der Waals surface area contributed by atoms with Crippen LogP contribution in [0.5, 0.6) is 0 Å². The summed E-state index contributed by atoms with van der Waals surface area (Å²) in [6, 6.07) is 6.49. The maximum atomic E-state index is 3.97. The van der Waals surface area contributed by atoms with Gasteiger partial charge in [-0.1, -0.05) is 49.6 Å². The highest BCUT2D eigenvalue weighted by Gasteiger charge is 2.12. The lowest BCUT2D eigenvalue weighted by molar-refractivity contribution is 1.17. The number of aromatic nitrogens is 2. The second-order valence-corrected chi connectivity index (χ2v) is 5.57. The Kier molecular flexibility index (Phi) is 4.39. The zero-order valence-electron chi connectivity index (χ0n) is 14.2. The van der Waals surface area contributed by atoms with E-state index in [9.17, 15) is 0 Å². The lowest BCUT2D eigenvalue weighted by atomic mass is 10.1. The van der Waals surface area contributed by atoms with Crippen LogP contribution < -0.4 is 0 Å². The van der Waals surface area contributed by atoms with Crippen LogP contribution in [-0.4, -0.2) is 9.55 Å². The first kappa shape index (κ1) is 15.9. The minimum Gasteiger partial charge on any atom is -0.354 e. The van der Waals surface area contributed by atoms with Gasteiger partial charge < -0.3 is 9.55 Å². The second-order valence-electron chi connectivity index (χ2n) is 5.57. The Morgan fingerprint density at radius 3 is 2.62 bits per heavy atom. The summed E-state index contributed by atoms with van der Waals surface area (Å²) < 4.78 is 2.19. The van der Waals surface area contributed by atoms with Crippen LogP contribution >= 0.6 is 0 Å². The third-order valence-corrected chi connectivity index (χ3v) is 4.23. The molecule has 0 atom stereocenters. The van der Waals surface area contributed by atoms with Gasteiger partial charge in [0.25, 0.3) is 0 Å². The molecule has 0 spiro atoms. The summed E-state index contributed by atoms with van der Waals surface area (Å²) in [6.45, 7) is 11.8. The lowest BCUT2D eigenvalue weighted by Gasteiger charge is -2.06. The van der Waals surface area contributed by atoms with Gasteiger partial charge in [0.2, 0.25) is 0 Å². The molecule has 0 radical (unpaired) electrons. The SMILES string of the molecule is C=C/C=C\C(=C/C)n1ccc2c3[nH]c(/C=C\C)c(C=C)c3ccc21. The van der Waals surface area contributed by atoms with E-state index in [-0.39, 0.29) is 0 Å². The highest BCUT2D eigenvalue weighted by Crippen LogP contribution is 2.32. The van der Waals surface area contributed by atoms with Crippen molar-refractivity contribution >= 4 is 39.7 Å². The molecule has 3 aromatic rings. The molecule has 0 aliphatic carbocycles. The summed E-state index contributed by atoms with van der Waals surface area (Å²) in [4.78, 5) is 3.55. The van der Waals surface area contributed by atoms with Gasteiger partial charge in [-0.25, -0.2) is 0 Å². The number of nitrogens with zero attached hydrogens (tertiary/aromatic N) is 1. The van der Waals surface area contributed by atoms with E-state index in [4.69, 9.17) is 0 Å². The molecule has 0 fully saturated rings. The molecule has 0 amide bonds. The number of aromatic amines is 1. The molecule has 0 aliphatic heterocycles. The summed E-state index contributed by atoms with van der Waals surface area (Å²) in [6.07, 6.45) is 16.1. The number of fused-ring (bicyclic) bond motifs is 3. The van der Waals surface area contributed by atoms with Crippen LogP contribution in [0.1, 0.15) is 25.1 Å². The van der Waals surface area contributed by atoms with E-state index < -0.39 is 0 Å². The van der Waals surface area contributed by atoms with Crippen LogP contribution in [-0.2, 0) is 0 Å². The molecule has 0 saturated carbocycles. The molecular formula is C22H22N2. The average molecular weight is 314 g/mol. The minimum atomic E-state index is 1.10. The van der Waals surface area contributed by atoms with Gasteiger partial charge in [0.05, 0.1) is 11.0 Å². The maximum Gasteiger partial charge on any atom is 0.0560 e. The minimum absolute atomic E-state index is 1.10. The molecule has 0 bridgehead atoms. The van der Waals surface area contributed by atoms with Crippen molar-refractivity contribution in [3.63, 3.8) is 0 Å². The summed E-state index contributed by atoms with van der Waals surface area (Å²) in [5.74, 6) is 0. The Morgan fingerprint density at radius 1 is 1.12 bits per heavy atom. The Labute approximate surface area is 142 Å². The van der Waals surface area contributed by atoms with Crippen molar-refractivity contribution in [2.75, 3.05) is 0 Å². The molecule has 0 saturated heterocycles. The number of hydrogen-bond acceptors (Lipinski definition) is 0. The quantitative estimate of drug-likeness (QED) is 0.526. The van der Waals surface area contributed by atoms with E-state index >= 15 is 0 Å². The third-order valence-electron chi connectivity index (χ3n) is 4.23. The molecule has 1 aromatic carbocycles. The Morgan fingerprint density at radius 2 is 1.96 bits per heavy atom. The molecule has 2 nitrogen and oxygen atoms in total. The molecule has 3 rings (SSSR count). The van der Waals surface area contributed by atoms with Gasteiger partial charge in [-0.3, -0.25) is 0 Å². The first-order chi connectivity index (χ1) is 11.7. The summed E-state index contributed by atoms with van der Waals surface area (Å²) in [5, 5.41) is 2.41. The number of allylic oxidation sites excluding steroid dienone is 6. The van der Waals surface area contributed by atoms with Crippen LogP contribution in [0, 0.1) is 0 Å². The van der Waals surface area contributed by atoms with Crippen LogP contribution in [0.25, 0.3) is 39.7 Å². The molecule has 120 valence electrons. The average Bonchev–Trinajstić information content (AvgIpc) is 3.17. The Hall–Kier alpha value is -3.00. The van der Waals surface area contributed by atoms with Gasteiger partial charge in [-0.2, -0.15) is 0 Å². The fourth-order valence-electron chi connectivity index (χ4n) is 3.15. The summed E-state index contributed by atoms with van der Waals surface area (Å²) in [7, 11) is 0. The normalized spacial score (nSPS) is 12.8. The highest BCUT2D eigenvalue weighted by molar-refractivity contribution is 6.09. The number of H-pyrrole nitrogens is 1. The highest BCUT2D eigenvalue weighted by atomic mass is 15.0.